The summed E-state index contributed by atoms with van der Waals surface area (Å²) in [5, 5.41) is 0. The molecule has 17 heavy (non-hydrogen) atoms. The Kier molecular flexibility index (Phi) is 3.05. The third-order valence-corrected chi connectivity index (χ3v) is 5.18. The average Bonchev–Trinajstić information content (AvgIpc) is 2.91. The highest BCUT2D eigenvalue weighted by molar-refractivity contribution is 7.80. The molecule has 0 saturated heterocycles. The molecule has 4 atom stereocenters. The molecule has 92 valence electrons. The van der Waals surface area contributed by atoms with E-state index in [0.717, 1.165) is 17.2 Å². The third kappa shape index (κ3) is 2.31. The Morgan fingerprint density at radius 2 is 1.94 bits per heavy atom. The largest absolute Gasteiger partial charge is 0.283 e. The smallest absolute Gasteiger partial charge is 0.189 e. The van der Waals surface area contributed by atoms with Crippen LogP contribution in [0.2, 0.25) is 0 Å². The van der Waals surface area contributed by atoms with E-state index in [-0.39, 0.29) is 6.10 Å². The highest BCUT2D eigenvalue weighted by atomic mass is 32.2. The second-order valence-electron chi connectivity index (χ2n) is 5.36. The number of hydrogen-bond donors (Lipinski definition) is 0. The fraction of sp³-hybridized carbons (Fsp3) is 0.571. The summed E-state index contributed by atoms with van der Waals surface area (Å²) in [7, 11) is 0. The predicted molar refractivity (Wildman–Crippen MR) is 67.9 cm³/mol. The van der Waals surface area contributed by atoms with Crippen molar-refractivity contribution in [1.29, 1.82) is 0 Å². The van der Waals surface area contributed by atoms with Crippen molar-refractivity contribution in [3.05, 3.63) is 29.8 Å². The van der Waals surface area contributed by atoms with E-state index in [2.05, 4.69) is 0 Å². The van der Waals surface area contributed by atoms with Crippen molar-refractivity contribution in [2.24, 2.45) is 11.8 Å². The summed E-state index contributed by atoms with van der Waals surface area (Å²) >= 11 is -1.28. The van der Waals surface area contributed by atoms with Crippen LogP contribution in [0.25, 0.3) is 0 Å². The fourth-order valence-electron chi connectivity index (χ4n) is 3.12. The van der Waals surface area contributed by atoms with Crippen LogP contribution in [0.15, 0.2) is 29.2 Å². The monoisotopic (exact) mass is 250 g/mol. The number of rotatable bonds is 3. The minimum absolute atomic E-state index is 0.232. The molecule has 2 aliphatic rings. The first kappa shape index (κ1) is 11.4. The van der Waals surface area contributed by atoms with Crippen LogP contribution in [0.3, 0.4) is 0 Å². The van der Waals surface area contributed by atoms with E-state index in [0.29, 0.717) is 5.92 Å². The summed E-state index contributed by atoms with van der Waals surface area (Å²) in [6, 6.07) is 7.77. The van der Waals surface area contributed by atoms with Crippen LogP contribution >= 0.6 is 0 Å². The molecule has 1 unspecified atom stereocenters. The Balaban J connectivity index is 1.65. The molecule has 2 bridgehead atoms. The number of aryl methyl sites for hydroxylation is 1. The van der Waals surface area contributed by atoms with Gasteiger partial charge in [0.2, 0.25) is 0 Å². The van der Waals surface area contributed by atoms with Crippen LogP contribution in [0.5, 0.6) is 0 Å². The first-order chi connectivity index (χ1) is 8.22. The lowest BCUT2D eigenvalue weighted by atomic mass is 9.98. The normalized spacial score (nSPS) is 32.9. The van der Waals surface area contributed by atoms with Crippen molar-refractivity contribution >= 4 is 11.1 Å². The Labute approximate surface area is 105 Å². The van der Waals surface area contributed by atoms with E-state index in [1.165, 1.54) is 24.8 Å². The maximum atomic E-state index is 12.1. The van der Waals surface area contributed by atoms with Gasteiger partial charge in [0.05, 0.1) is 11.0 Å². The van der Waals surface area contributed by atoms with Crippen LogP contribution in [-0.4, -0.2) is 10.3 Å². The second-order valence-corrected chi connectivity index (χ2v) is 6.49. The van der Waals surface area contributed by atoms with E-state index in [9.17, 15) is 4.21 Å². The zero-order valence-electron chi connectivity index (χ0n) is 10.1. The molecule has 2 saturated carbocycles. The van der Waals surface area contributed by atoms with E-state index in [4.69, 9.17) is 4.18 Å². The van der Waals surface area contributed by atoms with Gasteiger partial charge in [-0.25, -0.2) is 4.21 Å². The molecule has 3 heteroatoms. The van der Waals surface area contributed by atoms with Gasteiger partial charge in [-0.1, -0.05) is 17.7 Å². The van der Waals surface area contributed by atoms with Gasteiger partial charge < -0.3 is 0 Å². The third-order valence-electron chi connectivity index (χ3n) is 4.10. The Hall–Kier alpha value is -0.670. The summed E-state index contributed by atoms with van der Waals surface area (Å²) in [6.45, 7) is 2.03. The van der Waals surface area contributed by atoms with Gasteiger partial charge in [0.1, 0.15) is 0 Å². The SMILES string of the molecule is Cc1ccc(S(=O)O[C@H]2C[C@@H]3CC[C@H]2C3)cc1. The molecule has 0 spiro atoms. The lowest BCUT2D eigenvalue weighted by molar-refractivity contribution is 0.156. The molecule has 2 nitrogen and oxygen atoms in total. The molecule has 0 radical (unpaired) electrons. The lowest BCUT2D eigenvalue weighted by Gasteiger charge is -2.20. The van der Waals surface area contributed by atoms with Crippen molar-refractivity contribution in [1.82, 2.24) is 0 Å². The maximum Gasteiger partial charge on any atom is 0.189 e. The fourth-order valence-corrected chi connectivity index (χ4v) is 4.05. The first-order valence-corrected chi connectivity index (χ1v) is 7.45. The molecule has 2 aliphatic carbocycles. The van der Waals surface area contributed by atoms with Gasteiger partial charge in [-0.05, 0) is 56.6 Å². The van der Waals surface area contributed by atoms with Crippen molar-refractivity contribution < 1.29 is 8.39 Å². The molecule has 1 aromatic rings. The zero-order valence-corrected chi connectivity index (χ0v) is 10.9. The molecule has 0 N–H and O–H groups in total. The van der Waals surface area contributed by atoms with Gasteiger partial charge in [0.15, 0.2) is 11.1 Å². The van der Waals surface area contributed by atoms with Gasteiger partial charge in [-0.15, -0.1) is 0 Å². The van der Waals surface area contributed by atoms with Crippen molar-refractivity contribution in [3.63, 3.8) is 0 Å². The predicted octanol–water partition coefficient (Wildman–Crippen LogP) is 3.22. The summed E-state index contributed by atoms with van der Waals surface area (Å²) in [4.78, 5) is 0.790. The van der Waals surface area contributed by atoms with Gasteiger partial charge in [0, 0.05) is 0 Å². The summed E-state index contributed by atoms with van der Waals surface area (Å²) < 4.78 is 17.8. The van der Waals surface area contributed by atoms with Crippen molar-refractivity contribution in [2.45, 2.75) is 43.6 Å². The first-order valence-electron chi connectivity index (χ1n) is 6.38. The summed E-state index contributed by atoms with van der Waals surface area (Å²) in [5.74, 6) is 1.49. The topological polar surface area (TPSA) is 26.3 Å². The van der Waals surface area contributed by atoms with Crippen LogP contribution in [0.4, 0.5) is 0 Å². The van der Waals surface area contributed by atoms with E-state index in [1.54, 1.807) is 0 Å². The van der Waals surface area contributed by atoms with Gasteiger partial charge in [-0.3, -0.25) is 4.18 Å². The van der Waals surface area contributed by atoms with Gasteiger partial charge >= 0.3 is 0 Å². The molecule has 2 fully saturated rings. The number of fused-ring (bicyclic) bond motifs is 2. The van der Waals surface area contributed by atoms with Crippen LogP contribution in [-0.2, 0) is 15.3 Å². The molecule has 0 heterocycles. The molecular weight excluding hydrogens is 232 g/mol. The molecule has 0 aliphatic heterocycles. The van der Waals surface area contributed by atoms with Crippen LogP contribution in [0, 0.1) is 18.8 Å². The van der Waals surface area contributed by atoms with Crippen LogP contribution < -0.4 is 0 Å². The van der Waals surface area contributed by atoms with E-state index in [1.807, 2.05) is 31.2 Å². The standard InChI is InChI=1S/C14H18O2S/c1-10-2-6-13(7-3-10)17(15)16-14-9-11-4-5-12(14)8-11/h2-3,6-7,11-12,14H,4-5,8-9H2,1H3/t11-,12+,14+,17?/m1/s1. The van der Waals surface area contributed by atoms with Gasteiger partial charge in [-0.2, -0.15) is 0 Å². The highest BCUT2D eigenvalue weighted by Gasteiger charge is 2.41. The maximum absolute atomic E-state index is 12.1. The number of benzene rings is 1. The number of hydrogen-bond acceptors (Lipinski definition) is 2. The second kappa shape index (κ2) is 4.54. The molecular formula is C14H18O2S. The molecule has 0 aromatic heterocycles. The lowest BCUT2D eigenvalue weighted by Crippen LogP contribution is -2.21. The quantitative estimate of drug-likeness (QED) is 0.823. The van der Waals surface area contributed by atoms with Crippen LogP contribution in [0.1, 0.15) is 31.2 Å². The van der Waals surface area contributed by atoms with Crippen molar-refractivity contribution in [2.75, 3.05) is 0 Å². The van der Waals surface area contributed by atoms with E-state index < -0.39 is 11.1 Å². The molecule has 0 amide bonds. The minimum Gasteiger partial charge on any atom is -0.283 e. The zero-order chi connectivity index (χ0) is 11.8. The Morgan fingerprint density at radius 3 is 2.53 bits per heavy atom. The summed E-state index contributed by atoms with van der Waals surface area (Å²) in [5.41, 5.74) is 1.19. The minimum atomic E-state index is -1.28. The Bertz CT molecular complexity index is 426. The van der Waals surface area contributed by atoms with Gasteiger partial charge in [0.25, 0.3) is 0 Å². The summed E-state index contributed by atoms with van der Waals surface area (Å²) in [6.07, 6.45) is 5.25. The molecule has 1 aromatic carbocycles. The van der Waals surface area contributed by atoms with E-state index >= 15 is 0 Å². The van der Waals surface area contributed by atoms with Crippen molar-refractivity contribution in [3.8, 4) is 0 Å². The Morgan fingerprint density at radius 1 is 1.18 bits per heavy atom. The average molecular weight is 250 g/mol. The highest BCUT2D eigenvalue weighted by Crippen LogP contribution is 2.46. The molecule has 3 rings (SSSR count).